The molecule has 0 saturated carbocycles. The van der Waals surface area contributed by atoms with Gasteiger partial charge in [-0.1, -0.05) is 47.6 Å². The van der Waals surface area contributed by atoms with Gasteiger partial charge < -0.3 is 23.8 Å². The molecule has 2 heterocycles. The van der Waals surface area contributed by atoms with Crippen LogP contribution in [0, 0.1) is 5.82 Å². The molecule has 0 bridgehead atoms. The van der Waals surface area contributed by atoms with Crippen LogP contribution in [-0.2, 0) is 22.5 Å². The number of benzene rings is 3. The number of carbonyl (C=O) groups is 1. The lowest BCUT2D eigenvalue weighted by molar-refractivity contribution is -0.120. The molecule has 3 aromatic rings. The van der Waals surface area contributed by atoms with Crippen LogP contribution in [0.5, 0.6) is 23.0 Å². The monoisotopic (exact) mass is 519 g/mol. The van der Waals surface area contributed by atoms with Gasteiger partial charge in [0.25, 0.3) is 0 Å². The average molecular weight is 520 g/mol. The highest BCUT2D eigenvalue weighted by atomic mass is 19.1. The molecule has 38 heavy (non-hydrogen) atoms. The second-order valence-corrected chi connectivity index (χ2v) is 8.66. The molecule has 5 rings (SSSR count). The Bertz CT molecular complexity index is 1380. The third-order valence-electron chi connectivity index (χ3n) is 6.21. The third-order valence-corrected chi connectivity index (χ3v) is 6.21. The van der Waals surface area contributed by atoms with Gasteiger partial charge >= 0.3 is 0 Å². The van der Waals surface area contributed by atoms with Crippen molar-refractivity contribution in [3.8, 4) is 23.0 Å². The van der Waals surface area contributed by atoms with E-state index < -0.39 is 0 Å². The Balaban J connectivity index is 1.40. The minimum Gasteiger partial charge on any atom is -0.492 e. The smallest absolute Gasteiger partial charge is 0.244 e. The van der Waals surface area contributed by atoms with Crippen molar-refractivity contribution >= 4 is 17.8 Å². The summed E-state index contributed by atoms with van der Waals surface area (Å²) in [6.07, 6.45) is 2.21. The summed E-state index contributed by atoms with van der Waals surface area (Å²) in [6.45, 7) is 0.00759. The van der Waals surface area contributed by atoms with E-state index >= 15 is 0 Å². The number of fused-ring (bicyclic) bond motifs is 1. The molecule has 0 spiro atoms. The Morgan fingerprint density at radius 3 is 2.50 bits per heavy atom. The van der Waals surface area contributed by atoms with Crippen LogP contribution in [-0.4, -0.2) is 44.9 Å². The third kappa shape index (κ3) is 5.24. The summed E-state index contributed by atoms with van der Waals surface area (Å²) in [7, 11) is 3.05. The number of amides is 1. The van der Waals surface area contributed by atoms with Crippen molar-refractivity contribution in [2.24, 2.45) is 10.3 Å². The van der Waals surface area contributed by atoms with Gasteiger partial charge in [0.05, 0.1) is 32.6 Å². The quantitative estimate of drug-likeness (QED) is 0.339. The molecule has 1 atom stereocenters. The number of rotatable bonds is 9. The zero-order valence-electron chi connectivity index (χ0n) is 20.9. The molecule has 1 amide bonds. The van der Waals surface area contributed by atoms with Crippen LogP contribution in [0.25, 0.3) is 0 Å². The Kier molecular flexibility index (Phi) is 7.39. The highest BCUT2D eigenvalue weighted by molar-refractivity contribution is 6.01. The number of nitrogens with zero attached hydrogens (tertiary/aromatic N) is 2. The first-order valence-electron chi connectivity index (χ1n) is 12.0. The number of hydrazone groups is 1. The molecule has 1 N–H and O–H groups in total. The van der Waals surface area contributed by atoms with Crippen molar-refractivity contribution in [3.05, 3.63) is 82.7 Å². The number of halogens is 1. The van der Waals surface area contributed by atoms with E-state index in [-0.39, 0.29) is 31.0 Å². The highest BCUT2D eigenvalue weighted by Gasteiger charge is 2.33. The summed E-state index contributed by atoms with van der Waals surface area (Å²) in [5.74, 6) is 1.07. The number of hydrogen-bond donors (Lipinski definition) is 1. The minimum atomic E-state index is -0.339. The van der Waals surface area contributed by atoms with Crippen molar-refractivity contribution < 1.29 is 33.0 Å². The van der Waals surface area contributed by atoms with Crippen LogP contribution < -0.4 is 24.4 Å². The molecule has 0 aliphatic carbocycles. The lowest BCUT2D eigenvalue weighted by Gasteiger charge is -2.19. The van der Waals surface area contributed by atoms with Crippen molar-refractivity contribution in [2.45, 2.75) is 25.4 Å². The number of hydrogen-bond acceptors (Lipinski definition) is 8. The van der Waals surface area contributed by atoms with Crippen molar-refractivity contribution in [1.82, 2.24) is 5.43 Å². The molecular weight excluding hydrogens is 493 g/mol. The summed E-state index contributed by atoms with van der Waals surface area (Å²) in [5.41, 5.74) is 6.18. The fourth-order valence-corrected chi connectivity index (χ4v) is 4.46. The molecule has 196 valence electrons. The first-order valence-corrected chi connectivity index (χ1v) is 12.0. The summed E-state index contributed by atoms with van der Waals surface area (Å²) >= 11 is 0. The average Bonchev–Trinajstić information content (AvgIpc) is 3.60. The second-order valence-electron chi connectivity index (χ2n) is 8.66. The van der Waals surface area contributed by atoms with E-state index in [4.69, 9.17) is 23.8 Å². The van der Waals surface area contributed by atoms with Crippen LogP contribution in [0.3, 0.4) is 0 Å². The molecule has 3 aromatic carbocycles. The number of nitrogens with one attached hydrogen (secondary N) is 1. The van der Waals surface area contributed by atoms with Gasteiger partial charge in [-0.3, -0.25) is 4.79 Å². The van der Waals surface area contributed by atoms with Gasteiger partial charge in [0, 0.05) is 24.0 Å². The fourth-order valence-electron chi connectivity index (χ4n) is 4.46. The summed E-state index contributed by atoms with van der Waals surface area (Å²) in [6, 6.07) is 15.5. The second kappa shape index (κ2) is 11.2. The van der Waals surface area contributed by atoms with Gasteiger partial charge in [-0.2, -0.15) is 5.10 Å². The molecule has 2 aliphatic rings. The zero-order chi connectivity index (χ0) is 26.5. The Labute approximate surface area is 218 Å². The maximum atomic E-state index is 13.3. The molecule has 0 saturated heterocycles. The van der Waals surface area contributed by atoms with E-state index in [0.29, 0.717) is 52.7 Å². The van der Waals surface area contributed by atoms with Gasteiger partial charge in [-0.25, -0.2) is 9.82 Å². The van der Waals surface area contributed by atoms with E-state index in [9.17, 15) is 9.18 Å². The summed E-state index contributed by atoms with van der Waals surface area (Å²) < 4.78 is 36.1. The highest BCUT2D eigenvalue weighted by Crippen LogP contribution is 2.52. The maximum Gasteiger partial charge on any atom is 0.244 e. The minimum absolute atomic E-state index is 0.00759. The maximum absolute atomic E-state index is 13.3. The molecule has 0 fully saturated rings. The van der Waals surface area contributed by atoms with E-state index in [1.807, 2.05) is 30.3 Å². The van der Waals surface area contributed by atoms with Gasteiger partial charge in [-0.15, -0.1) is 0 Å². The summed E-state index contributed by atoms with van der Waals surface area (Å²) in [5, 5.41) is 8.41. The molecular formula is C28H26FN3O6. The lowest BCUT2D eigenvalue weighted by atomic mass is 9.95. The van der Waals surface area contributed by atoms with Gasteiger partial charge in [-0.05, 0) is 23.3 Å². The summed E-state index contributed by atoms with van der Waals surface area (Å²) in [4.78, 5) is 18.2. The van der Waals surface area contributed by atoms with Crippen LogP contribution >= 0.6 is 0 Å². The number of carbonyl (C=O) groups excluding carboxylic acids is 1. The number of oxime groups is 1. The van der Waals surface area contributed by atoms with Gasteiger partial charge in [0.2, 0.25) is 24.2 Å². The largest absolute Gasteiger partial charge is 0.492 e. The Morgan fingerprint density at radius 2 is 1.79 bits per heavy atom. The molecule has 0 unspecified atom stereocenters. The van der Waals surface area contributed by atoms with Crippen molar-refractivity contribution in [1.29, 1.82) is 0 Å². The first kappa shape index (κ1) is 25.1. The predicted octanol–water partition coefficient (Wildman–Crippen LogP) is 4.00. The zero-order valence-corrected chi connectivity index (χ0v) is 20.9. The van der Waals surface area contributed by atoms with E-state index in [1.54, 1.807) is 12.1 Å². The predicted molar refractivity (Wildman–Crippen MR) is 138 cm³/mol. The van der Waals surface area contributed by atoms with Crippen molar-refractivity contribution in [2.75, 3.05) is 21.0 Å². The Morgan fingerprint density at radius 1 is 1.08 bits per heavy atom. The first-order chi connectivity index (χ1) is 18.6. The van der Waals surface area contributed by atoms with E-state index in [2.05, 4.69) is 15.7 Å². The van der Waals surface area contributed by atoms with Gasteiger partial charge in [0.15, 0.2) is 11.5 Å². The topological polar surface area (TPSA) is 100.0 Å². The normalized spacial score (nSPS) is 15.8. The fraction of sp³-hybridized carbons (Fsp3) is 0.250. The standard InChI is InChI=1S/C28H26FN3O6/c1-34-25-21(13-20-14-23(32-38-20)18-8-10-19(29)11-9-18)22(26(35-2)28-27(25)36-16-37-28)15-30-31-24(33)12-17-6-4-3-5-7-17/h3-11,15,20H,12-14,16H2,1-2H3,(H,31,33)/b30-15-/t20-/m0/s1. The number of ether oxygens (including phenoxy) is 4. The lowest BCUT2D eigenvalue weighted by Crippen LogP contribution is -2.20. The molecule has 9 nitrogen and oxygen atoms in total. The SMILES string of the molecule is COc1c(/C=N\NC(=O)Cc2ccccc2)c(C[C@H]2CC(c3ccc(F)cc3)=NO2)c(OC)c2c1OCO2. The molecule has 10 heteroatoms. The van der Waals surface area contributed by atoms with Crippen LogP contribution in [0.1, 0.15) is 28.7 Å². The van der Waals surface area contributed by atoms with Crippen molar-refractivity contribution in [3.63, 3.8) is 0 Å². The van der Waals surface area contributed by atoms with Crippen LogP contribution in [0.15, 0.2) is 64.9 Å². The Hall–Kier alpha value is -4.60. The van der Waals surface area contributed by atoms with Crippen LogP contribution in [0.2, 0.25) is 0 Å². The van der Waals surface area contributed by atoms with E-state index in [0.717, 1.165) is 11.1 Å². The number of methoxy groups -OCH3 is 2. The molecule has 0 aromatic heterocycles. The van der Waals surface area contributed by atoms with Crippen LogP contribution in [0.4, 0.5) is 4.39 Å². The molecule has 2 aliphatic heterocycles. The van der Waals surface area contributed by atoms with E-state index in [1.165, 1.54) is 32.6 Å². The molecule has 0 radical (unpaired) electrons. The van der Waals surface area contributed by atoms with Gasteiger partial charge in [0.1, 0.15) is 11.9 Å².